The number of ether oxygens (including phenoxy) is 2. The summed E-state index contributed by atoms with van der Waals surface area (Å²) >= 11 is 0. The van der Waals surface area contributed by atoms with E-state index in [9.17, 15) is 0 Å². The molecular formula is C17H26IN5O2. The zero-order valence-corrected chi connectivity index (χ0v) is 17.0. The molecule has 1 aromatic heterocycles. The van der Waals surface area contributed by atoms with Crippen LogP contribution in [0.5, 0.6) is 5.75 Å². The average molecular weight is 459 g/mol. The highest BCUT2D eigenvalue weighted by Crippen LogP contribution is 2.14. The van der Waals surface area contributed by atoms with Crippen LogP contribution in [-0.4, -0.2) is 42.6 Å². The van der Waals surface area contributed by atoms with Gasteiger partial charge in [0, 0.05) is 26.0 Å². The quantitative estimate of drug-likeness (QED) is 0.260. The van der Waals surface area contributed by atoms with E-state index >= 15 is 0 Å². The molecule has 0 aliphatic heterocycles. The summed E-state index contributed by atoms with van der Waals surface area (Å²) in [5.74, 6) is 1.24. The summed E-state index contributed by atoms with van der Waals surface area (Å²) in [5.41, 5.74) is 7.65. The predicted octanol–water partition coefficient (Wildman–Crippen LogP) is 2.33. The predicted molar refractivity (Wildman–Crippen MR) is 110 cm³/mol. The number of hydrogen-bond acceptors (Lipinski definition) is 4. The normalized spacial score (nSPS) is 11.0. The van der Waals surface area contributed by atoms with Crippen molar-refractivity contribution in [1.29, 1.82) is 0 Å². The first-order valence-electron chi connectivity index (χ1n) is 8.03. The van der Waals surface area contributed by atoms with Crippen LogP contribution in [0, 0.1) is 0 Å². The summed E-state index contributed by atoms with van der Waals surface area (Å²) in [4.78, 5) is 4.29. The molecule has 7 nitrogen and oxygen atoms in total. The molecule has 0 bridgehead atoms. The topological polar surface area (TPSA) is 86.7 Å². The summed E-state index contributed by atoms with van der Waals surface area (Å²) in [6.45, 7) is 4.63. The zero-order chi connectivity index (χ0) is 17.2. The number of halogens is 1. The van der Waals surface area contributed by atoms with E-state index in [2.05, 4.69) is 15.4 Å². The van der Waals surface area contributed by atoms with Crippen molar-refractivity contribution in [3.05, 3.63) is 42.2 Å². The fourth-order valence-electron chi connectivity index (χ4n) is 2.08. The third-order valence-electron chi connectivity index (χ3n) is 3.37. The monoisotopic (exact) mass is 459 g/mol. The van der Waals surface area contributed by atoms with Gasteiger partial charge in [-0.15, -0.1) is 24.0 Å². The second kappa shape index (κ2) is 11.7. The van der Waals surface area contributed by atoms with Crippen molar-refractivity contribution in [2.45, 2.75) is 19.9 Å². The first-order chi connectivity index (χ1) is 11.7. The van der Waals surface area contributed by atoms with Crippen molar-refractivity contribution < 1.29 is 9.47 Å². The molecule has 2 rings (SSSR count). The highest BCUT2D eigenvalue weighted by atomic mass is 127. The van der Waals surface area contributed by atoms with Gasteiger partial charge >= 0.3 is 0 Å². The molecule has 0 saturated carbocycles. The number of benzene rings is 1. The number of rotatable bonds is 9. The highest BCUT2D eigenvalue weighted by molar-refractivity contribution is 14.0. The van der Waals surface area contributed by atoms with Crippen LogP contribution in [-0.2, 0) is 11.3 Å². The van der Waals surface area contributed by atoms with E-state index in [1.165, 1.54) is 0 Å². The second-order valence-corrected chi connectivity index (χ2v) is 5.13. The lowest BCUT2D eigenvalue weighted by molar-refractivity contribution is 0.145. The van der Waals surface area contributed by atoms with Crippen molar-refractivity contribution in [3.63, 3.8) is 0 Å². The van der Waals surface area contributed by atoms with E-state index in [-0.39, 0.29) is 24.0 Å². The van der Waals surface area contributed by atoms with Crippen LogP contribution in [0.3, 0.4) is 0 Å². The second-order valence-electron chi connectivity index (χ2n) is 5.13. The smallest absolute Gasteiger partial charge is 0.188 e. The highest BCUT2D eigenvalue weighted by Gasteiger charge is 2.02. The fourth-order valence-corrected chi connectivity index (χ4v) is 2.08. The Balaban J connectivity index is 0.00000312. The largest absolute Gasteiger partial charge is 0.497 e. The number of nitrogens with zero attached hydrogens (tertiary/aromatic N) is 3. The summed E-state index contributed by atoms with van der Waals surface area (Å²) in [5, 5.41) is 7.56. The molecule has 0 radical (unpaired) electrons. The van der Waals surface area contributed by atoms with Gasteiger partial charge < -0.3 is 20.5 Å². The van der Waals surface area contributed by atoms with Crippen molar-refractivity contribution in [3.8, 4) is 11.4 Å². The Morgan fingerprint density at radius 2 is 2.04 bits per heavy atom. The first-order valence-corrected chi connectivity index (χ1v) is 8.03. The number of nitrogens with two attached hydrogens (primary N) is 1. The maximum atomic E-state index is 5.84. The molecule has 0 fully saturated rings. The van der Waals surface area contributed by atoms with Gasteiger partial charge in [0.15, 0.2) is 5.96 Å². The molecule has 1 heterocycles. The Hall–Kier alpha value is -1.81. The maximum absolute atomic E-state index is 5.84. The van der Waals surface area contributed by atoms with Crippen molar-refractivity contribution in [2.75, 3.05) is 26.9 Å². The SMILES string of the molecule is CCOCCCNC(N)=NCc1ccn(-c2ccc(OC)cc2)n1.I. The lowest BCUT2D eigenvalue weighted by Gasteiger charge is -2.05. The van der Waals surface area contributed by atoms with Gasteiger partial charge in [0.1, 0.15) is 5.75 Å². The molecule has 138 valence electrons. The van der Waals surface area contributed by atoms with Crippen molar-refractivity contribution in [1.82, 2.24) is 15.1 Å². The van der Waals surface area contributed by atoms with Gasteiger partial charge in [-0.25, -0.2) is 9.67 Å². The van der Waals surface area contributed by atoms with Crippen molar-refractivity contribution in [2.24, 2.45) is 10.7 Å². The van der Waals surface area contributed by atoms with Gasteiger partial charge in [-0.05, 0) is 43.7 Å². The van der Waals surface area contributed by atoms with Crippen LogP contribution >= 0.6 is 24.0 Å². The average Bonchev–Trinajstić information content (AvgIpc) is 3.09. The summed E-state index contributed by atoms with van der Waals surface area (Å²) in [7, 11) is 1.65. The van der Waals surface area contributed by atoms with Crippen LogP contribution in [0.2, 0.25) is 0 Å². The minimum atomic E-state index is 0. The van der Waals surface area contributed by atoms with Crippen LogP contribution in [0.15, 0.2) is 41.5 Å². The number of aliphatic imine (C=N–C) groups is 1. The number of aromatic nitrogens is 2. The van der Waals surface area contributed by atoms with Gasteiger partial charge in [-0.1, -0.05) is 0 Å². The van der Waals surface area contributed by atoms with Crippen molar-refractivity contribution >= 4 is 29.9 Å². The fraction of sp³-hybridized carbons (Fsp3) is 0.412. The van der Waals surface area contributed by atoms with Gasteiger partial charge in [-0.2, -0.15) is 5.10 Å². The maximum Gasteiger partial charge on any atom is 0.188 e. The molecule has 0 aliphatic rings. The van der Waals surface area contributed by atoms with Crippen LogP contribution < -0.4 is 15.8 Å². The summed E-state index contributed by atoms with van der Waals surface area (Å²) < 4.78 is 12.2. The van der Waals surface area contributed by atoms with E-state index in [0.29, 0.717) is 12.5 Å². The Morgan fingerprint density at radius 1 is 1.28 bits per heavy atom. The molecule has 2 aromatic rings. The molecule has 0 saturated heterocycles. The number of nitrogens with one attached hydrogen (secondary N) is 1. The van der Waals surface area contributed by atoms with E-state index in [1.807, 2.05) is 43.5 Å². The number of methoxy groups -OCH3 is 1. The molecule has 0 atom stereocenters. The summed E-state index contributed by atoms with van der Waals surface area (Å²) in [6.07, 6.45) is 2.80. The zero-order valence-electron chi connectivity index (χ0n) is 14.6. The Kier molecular flexibility index (Phi) is 9.93. The van der Waals surface area contributed by atoms with Crippen LogP contribution in [0.1, 0.15) is 19.0 Å². The molecule has 0 aliphatic carbocycles. The molecule has 25 heavy (non-hydrogen) atoms. The number of guanidine groups is 1. The van der Waals surface area contributed by atoms with Gasteiger partial charge in [-0.3, -0.25) is 0 Å². The molecule has 8 heteroatoms. The molecular weight excluding hydrogens is 433 g/mol. The van der Waals surface area contributed by atoms with Gasteiger partial charge in [0.05, 0.1) is 25.0 Å². The standard InChI is InChI=1S/C17H25N5O2.HI/c1-3-24-12-4-10-19-17(18)20-13-14-9-11-22(21-14)15-5-7-16(23-2)8-6-15;/h5-9,11H,3-4,10,12-13H2,1-2H3,(H3,18,19,20);1H. The van der Waals surface area contributed by atoms with E-state index in [1.54, 1.807) is 11.8 Å². The Labute approximate surface area is 165 Å². The minimum absolute atomic E-state index is 0. The lowest BCUT2D eigenvalue weighted by Crippen LogP contribution is -2.32. The van der Waals surface area contributed by atoms with Gasteiger partial charge in [0.2, 0.25) is 0 Å². The molecule has 3 N–H and O–H groups in total. The van der Waals surface area contributed by atoms with E-state index < -0.39 is 0 Å². The molecule has 1 aromatic carbocycles. The third kappa shape index (κ3) is 7.30. The van der Waals surface area contributed by atoms with Gasteiger partial charge in [0.25, 0.3) is 0 Å². The molecule has 0 amide bonds. The minimum Gasteiger partial charge on any atom is -0.497 e. The van der Waals surface area contributed by atoms with Crippen LogP contribution in [0.25, 0.3) is 5.69 Å². The number of hydrogen-bond donors (Lipinski definition) is 2. The van der Waals surface area contributed by atoms with Crippen LogP contribution in [0.4, 0.5) is 0 Å². The Bertz CT molecular complexity index is 643. The lowest BCUT2D eigenvalue weighted by atomic mass is 10.3. The molecule has 0 spiro atoms. The Morgan fingerprint density at radius 3 is 2.72 bits per heavy atom. The first kappa shape index (κ1) is 21.2. The van der Waals surface area contributed by atoms with E-state index in [4.69, 9.17) is 15.2 Å². The summed E-state index contributed by atoms with van der Waals surface area (Å²) in [6, 6.07) is 9.63. The van der Waals surface area contributed by atoms with E-state index in [0.717, 1.165) is 43.3 Å². The molecule has 0 unspecified atom stereocenters. The third-order valence-corrected chi connectivity index (χ3v) is 3.37.